The third-order valence-electron chi connectivity index (χ3n) is 7.44. The maximum atomic E-state index is 13.8. The van der Waals surface area contributed by atoms with Crippen LogP contribution in [0, 0.1) is 0 Å². The summed E-state index contributed by atoms with van der Waals surface area (Å²) in [4.78, 5) is 49.7. The lowest BCUT2D eigenvalue weighted by Gasteiger charge is -2.32. The SMILES string of the molecule is CC1=CC(C)(S(=O)(=O)N[C@@H](CC(=O)OC(C)(C)C)C(=O)NC(Cc2ccc3c(N)nccc3c2)C(=O)N2CCCCC2)NO1.Cl. The fourth-order valence-corrected chi connectivity index (χ4v) is 6.51. The van der Waals surface area contributed by atoms with Gasteiger partial charge in [-0.05, 0) is 77.0 Å². The predicted octanol–water partition coefficient (Wildman–Crippen LogP) is 2.45. The molecular weight excluding hydrogens is 624 g/mol. The molecule has 248 valence electrons. The van der Waals surface area contributed by atoms with E-state index < -0.39 is 50.9 Å². The number of benzene rings is 1. The molecule has 2 amide bonds. The summed E-state index contributed by atoms with van der Waals surface area (Å²) in [5, 5.41) is 4.34. The number of halogens is 1. The van der Waals surface area contributed by atoms with Gasteiger partial charge in [-0.3, -0.25) is 14.4 Å². The normalized spacial score (nSPS) is 19.9. The second-order valence-electron chi connectivity index (χ2n) is 12.4. The molecule has 2 unspecified atom stereocenters. The number of fused-ring (bicyclic) bond motifs is 1. The van der Waals surface area contributed by atoms with Crippen LogP contribution >= 0.6 is 12.4 Å². The van der Waals surface area contributed by atoms with Crippen molar-refractivity contribution < 1.29 is 32.4 Å². The van der Waals surface area contributed by atoms with E-state index in [9.17, 15) is 22.8 Å². The monoisotopic (exact) mass is 666 g/mol. The summed E-state index contributed by atoms with van der Waals surface area (Å²) in [5.74, 6) is -1.21. The van der Waals surface area contributed by atoms with Crippen LogP contribution in [0.25, 0.3) is 10.8 Å². The fourth-order valence-electron chi connectivity index (χ4n) is 5.23. The van der Waals surface area contributed by atoms with E-state index in [-0.39, 0.29) is 24.7 Å². The van der Waals surface area contributed by atoms with Gasteiger partial charge in [-0.1, -0.05) is 18.2 Å². The van der Waals surface area contributed by atoms with Crippen molar-refractivity contribution >= 4 is 56.8 Å². The van der Waals surface area contributed by atoms with Crippen molar-refractivity contribution in [2.45, 2.75) is 89.3 Å². The molecule has 0 saturated carbocycles. The molecule has 3 atom stereocenters. The number of piperidine rings is 1. The number of allylic oxidation sites excluding steroid dienone is 1. The molecule has 1 saturated heterocycles. The quantitative estimate of drug-likeness (QED) is 0.275. The van der Waals surface area contributed by atoms with E-state index in [1.165, 1.54) is 13.0 Å². The maximum Gasteiger partial charge on any atom is 0.308 e. The first kappa shape index (κ1) is 36.0. The van der Waals surface area contributed by atoms with Crippen molar-refractivity contribution in [2.75, 3.05) is 18.8 Å². The van der Waals surface area contributed by atoms with Crippen molar-refractivity contribution in [3.8, 4) is 0 Å². The molecule has 45 heavy (non-hydrogen) atoms. The fraction of sp³-hybridized carbons (Fsp3) is 0.533. The summed E-state index contributed by atoms with van der Waals surface area (Å²) in [5.41, 5.74) is 8.33. The second-order valence-corrected chi connectivity index (χ2v) is 14.5. The Morgan fingerprint density at radius 2 is 1.84 bits per heavy atom. The van der Waals surface area contributed by atoms with Crippen molar-refractivity contribution in [3.63, 3.8) is 0 Å². The minimum atomic E-state index is -4.33. The largest absolute Gasteiger partial charge is 0.460 e. The number of nitrogens with one attached hydrogen (secondary N) is 3. The molecule has 1 fully saturated rings. The van der Waals surface area contributed by atoms with Crippen molar-refractivity contribution in [1.29, 1.82) is 0 Å². The van der Waals surface area contributed by atoms with Gasteiger partial charge in [-0.15, -0.1) is 17.9 Å². The van der Waals surface area contributed by atoms with E-state index in [0.29, 0.717) is 24.7 Å². The highest BCUT2D eigenvalue weighted by Crippen LogP contribution is 2.25. The molecule has 0 radical (unpaired) electrons. The van der Waals surface area contributed by atoms with Gasteiger partial charge >= 0.3 is 5.97 Å². The minimum Gasteiger partial charge on any atom is -0.460 e. The molecule has 2 aliphatic rings. The first-order valence-corrected chi connectivity index (χ1v) is 16.1. The number of hydrogen-bond acceptors (Lipinski definition) is 10. The number of amides is 2. The topological polar surface area (TPSA) is 182 Å². The first-order valence-electron chi connectivity index (χ1n) is 14.7. The Morgan fingerprint density at radius 1 is 1.16 bits per heavy atom. The van der Waals surface area contributed by atoms with E-state index in [1.54, 1.807) is 44.9 Å². The Kier molecular flexibility index (Phi) is 11.5. The number of nitrogens with two attached hydrogens (primary N) is 1. The zero-order valence-electron chi connectivity index (χ0n) is 26.2. The van der Waals surface area contributed by atoms with Crippen molar-refractivity contribution in [3.05, 3.63) is 47.9 Å². The van der Waals surface area contributed by atoms with Crippen molar-refractivity contribution in [1.82, 2.24) is 25.4 Å². The molecule has 0 spiro atoms. The molecule has 2 aromatic rings. The summed E-state index contributed by atoms with van der Waals surface area (Å²) in [6, 6.07) is 4.68. The van der Waals surface area contributed by atoms with E-state index in [4.69, 9.17) is 15.3 Å². The van der Waals surface area contributed by atoms with Crippen LogP contribution in [-0.4, -0.2) is 71.7 Å². The number of nitrogen functional groups attached to an aromatic ring is 1. The lowest BCUT2D eigenvalue weighted by atomic mass is 10.00. The molecule has 0 bridgehead atoms. The summed E-state index contributed by atoms with van der Waals surface area (Å²) >= 11 is 0. The van der Waals surface area contributed by atoms with Crippen LogP contribution in [0.1, 0.15) is 65.9 Å². The number of hydrogen-bond donors (Lipinski definition) is 4. The summed E-state index contributed by atoms with van der Waals surface area (Å²) in [6.45, 7) is 9.03. The van der Waals surface area contributed by atoms with Crippen LogP contribution in [0.3, 0.4) is 0 Å². The van der Waals surface area contributed by atoms with Gasteiger partial charge in [0.2, 0.25) is 21.8 Å². The van der Waals surface area contributed by atoms with Gasteiger partial charge in [0, 0.05) is 31.1 Å². The van der Waals surface area contributed by atoms with E-state index in [2.05, 4.69) is 20.5 Å². The first-order chi connectivity index (χ1) is 20.6. The van der Waals surface area contributed by atoms with Gasteiger partial charge in [-0.25, -0.2) is 18.1 Å². The molecule has 1 aromatic heterocycles. The number of likely N-dealkylation sites (tertiary alicyclic amines) is 1. The molecule has 15 heteroatoms. The molecule has 5 N–H and O–H groups in total. The van der Waals surface area contributed by atoms with Gasteiger partial charge in [0.25, 0.3) is 0 Å². The van der Waals surface area contributed by atoms with Crippen LogP contribution in [0.2, 0.25) is 0 Å². The summed E-state index contributed by atoms with van der Waals surface area (Å²) in [6.07, 6.45) is 5.16. The average molecular weight is 667 g/mol. The van der Waals surface area contributed by atoms with Crippen LogP contribution < -0.4 is 21.3 Å². The van der Waals surface area contributed by atoms with E-state index in [1.807, 2.05) is 18.2 Å². The number of nitrogens with zero attached hydrogens (tertiary/aromatic N) is 2. The van der Waals surface area contributed by atoms with Crippen LogP contribution in [-0.2, 0) is 40.4 Å². The predicted molar refractivity (Wildman–Crippen MR) is 172 cm³/mol. The molecule has 2 aliphatic heterocycles. The molecule has 4 rings (SSSR count). The Hall–Kier alpha value is -3.46. The smallest absolute Gasteiger partial charge is 0.308 e. The van der Waals surface area contributed by atoms with Gasteiger partial charge in [-0.2, -0.15) is 0 Å². The number of hydroxylamine groups is 1. The molecule has 13 nitrogen and oxygen atoms in total. The number of carbonyl (C=O) groups excluding carboxylic acids is 3. The average Bonchev–Trinajstić information content (AvgIpc) is 3.31. The Labute approximate surface area is 270 Å². The Morgan fingerprint density at radius 3 is 2.47 bits per heavy atom. The Bertz CT molecular complexity index is 1560. The van der Waals surface area contributed by atoms with Crippen LogP contribution in [0.15, 0.2) is 42.3 Å². The van der Waals surface area contributed by atoms with Crippen molar-refractivity contribution in [2.24, 2.45) is 0 Å². The number of anilines is 1. The molecule has 1 aromatic carbocycles. The number of aromatic nitrogens is 1. The lowest BCUT2D eigenvalue weighted by molar-refractivity contribution is -0.156. The highest BCUT2D eigenvalue weighted by atomic mass is 35.5. The highest BCUT2D eigenvalue weighted by Gasteiger charge is 2.45. The third-order valence-corrected chi connectivity index (χ3v) is 9.35. The van der Waals surface area contributed by atoms with Gasteiger partial charge in [0.15, 0.2) is 4.87 Å². The highest BCUT2D eigenvalue weighted by molar-refractivity contribution is 7.91. The number of sulfonamides is 1. The second kappa shape index (κ2) is 14.3. The maximum absolute atomic E-state index is 13.8. The van der Waals surface area contributed by atoms with Gasteiger partial charge in [0.1, 0.15) is 29.3 Å². The number of esters is 1. The zero-order valence-corrected chi connectivity index (χ0v) is 27.8. The molecular formula is C30H43ClN6O7S. The van der Waals surface area contributed by atoms with Gasteiger partial charge in [0.05, 0.1) is 6.42 Å². The number of carbonyl (C=O) groups is 3. The number of rotatable bonds is 10. The molecule has 3 heterocycles. The summed E-state index contributed by atoms with van der Waals surface area (Å²) in [7, 11) is -4.33. The third kappa shape index (κ3) is 9.06. The van der Waals surface area contributed by atoms with Crippen LogP contribution in [0.4, 0.5) is 5.82 Å². The number of ether oxygens (including phenoxy) is 1. The standard InChI is InChI=1S/C30H42N6O7S.ClH/c1-19-18-30(5,35-43-19)44(40,41)34-23(17-25(37)42-29(2,3)4)27(38)33-24(28(39)36-13-7-6-8-14-36)16-20-9-10-22-21(15-20)11-12-32-26(22)31;/h9-12,15,18,23-24,34-35H,6-8,13-14,16-17H2,1-5H3,(H2,31,32)(H,33,38);1H/t23-,24?,30?;/m0./s1. The molecule has 0 aliphatic carbocycles. The summed E-state index contributed by atoms with van der Waals surface area (Å²) < 4.78 is 34.7. The van der Waals surface area contributed by atoms with Crippen LogP contribution in [0.5, 0.6) is 0 Å². The Balaban J connectivity index is 0.00000552. The van der Waals surface area contributed by atoms with Gasteiger partial charge < -0.3 is 25.5 Å². The number of pyridine rings is 1. The lowest BCUT2D eigenvalue weighted by Crippen LogP contribution is -2.59. The minimum absolute atomic E-state index is 0. The van der Waals surface area contributed by atoms with E-state index >= 15 is 0 Å². The van der Waals surface area contributed by atoms with E-state index in [0.717, 1.165) is 35.6 Å². The zero-order chi connectivity index (χ0) is 32.3.